The van der Waals surface area contributed by atoms with Gasteiger partial charge in [0.25, 0.3) is 0 Å². The molecule has 0 amide bonds. The Balaban J connectivity index is 2.12. The lowest BCUT2D eigenvalue weighted by Gasteiger charge is -2.17. The smallest absolute Gasteiger partial charge is 0.141 e. The van der Waals surface area contributed by atoms with Crippen LogP contribution in [0.2, 0.25) is 0 Å². The van der Waals surface area contributed by atoms with E-state index in [0.717, 1.165) is 19.3 Å². The van der Waals surface area contributed by atoms with E-state index in [1.54, 1.807) is 6.07 Å². The molecule has 0 aromatic heterocycles. The maximum Gasteiger partial charge on any atom is 0.141 e. The molecule has 1 radical (unpaired) electrons. The number of hydrogen-bond acceptors (Lipinski definition) is 0. The molecule has 18 heavy (non-hydrogen) atoms. The van der Waals surface area contributed by atoms with Crippen molar-refractivity contribution in [3.63, 3.8) is 0 Å². The number of halogens is 2. The number of rotatable bonds is 1. The Hall–Kier alpha value is -1.70. The molecule has 0 saturated carbocycles. The van der Waals surface area contributed by atoms with Gasteiger partial charge in [-0.05, 0) is 54.5 Å². The van der Waals surface area contributed by atoms with Crippen LogP contribution in [0.5, 0.6) is 0 Å². The highest BCUT2D eigenvalue weighted by molar-refractivity contribution is 5.66. The lowest BCUT2D eigenvalue weighted by atomic mass is 9.89. The highest BCUT2D eigenvalue weighted by Gasteiger charge is 2.14. The van der Waals surface area contributed by atoms with Crippen molar-refractivity contribution >= 4 is 0 Å². The maximum absolute atomic E-state index is 13.7. The van der Waals surface area contributed by atoms with E-state index in [1.165, 1.54) is 29.7 Å². The monoisotopic (exact) mass is 243 g/mol. The minimum Gasteiger partial charge on any atom is -0.206 e. The van der Waals surface area contributed by atoms with Crippen LogP contribution in [0.3, 0.4) is 0 Å². The van der Waals surface area contributed by atoms with Crippen LogP contribution in [0.1, 0.15) is 24.0 Å². The summed E-state index contributed by atoms with van der Waals surface area (Å²) < 4.78 is 27.4. The van der Waals surface area contributed by atoms with Gasteiger partial charge in [-0.1, -0.05) is 18.2 Å². The van der Waals surface area contributed by atoms with E-state index in [9.17, 15) is 8.78 Å². The van der Waals surface area contributed by atoms with Gasteiger partial charge in [0.15, 0.2) is 0 Å². The maximum atomic E-state index is 13.7. The van der Waals surface area contributed by atoms with Crippen molar-refractivity contribution in [3.8, 4) is 11.1 Å². The third-order valence-corrected chi connectivity index (χ3v) is 3.54. The van der Waals surface area contributed by atoms with E-state index in [4.69, 9.17) is 0 Å². The topological polar surface area (TPSA) is 0 Å². The molecule has 3 rings (SSSR count). The van der Waals surface area contributed by atoms with Gasteiger partial charge < -0.3 is 0 Å². The van der Waals surface area contributed by atoms with E-state index in [0.29, 0.717) is 5.56 Å². The van der Waals surface area contributed by atoms with Crippen molar-refractivity contribution < 1.29 is 8.78 Å². The van der Waals surface area contributed by atoms with Gasteiger partial charge >= 0.3 is 0 Å². The minimum atomic E-state index is -0.620. The van der Waals surface area contributed by atoms with Gasteiger partial charge in [-0.3, -0.25) is 0 Å². The predicted molar refractivity (Wildman–Crippen MR) is 67.3 cm³/mol. The standard InChI is InChI=1S/C16H13F2/c17-14-6-3-7-15(18)16(14)13-9-8-11-4-1-2-5-12(11)10-13/h3,6,8-10H,1-2,4-5H2. The lowest BCUT2D eigenvalue weighted by Crippen LogP contribution is -2.02. The second-order valence-electron chi connectivity index (χ2n) is 4.71. The molecule has 2 heteroatoms. The Kier molecular flexibility index (Phi) is 2.86. The normalized spacial score (nSPS) is 14.3. The van der Waals surface area contributed by atoms with Gasteiger partial charge in [-0.2, -0.15) is 0 Å². The van der Waals surface area contributed by atoms with Crippen LogP contribution >= 0.6 is 0 Å². The van der Waals surface area contributed by atoms with Crippen LogP contribution in [0.15, 0.2) is 30.3 Å². The summed E-state index contributed by atoms with van der Waals surface area (Å²) in [7, 11) is 0. The molecule has 0 nitrogen and oxygen atoms in total. The lowest BCUT2D eigenvalue weighted by molar-refractivity contribution is 0.588. The molecule has 2 aromatic carbocycles. The first kappa shape index (κ1) is 11.4. The van der Waals surface area contributed by atoms with Crippen molar-refractivity contribution in [3.05, 3.63) is 59.2 Å². The van der Waals surface area contributed by atoms with Crippen LogP contribution in [0, 0.1) is 17.7 Å². The molecule has 0 N–H and O–H groups in total. The summed E-state index contributed by atoms with van der Waals surface area (Å²) in [5.74, 6) is -1.15. The third-order valence-electron chi connectivity index (χ3n) is 3.54. The molecular weight excluding hydrogens is 230 g/mol. The molecule has 1 aliphatic rings. The SMILES string of the molecule is Fc1[c]ccc(F)c1-c1ccc2c(c1)CCCC2. The first-order valence-electron chi connectivity index (χ1n) is 6.23. The molecule has 0 fully saturated rings. The summed E-state index contributed by atoms with van der Waals surface area (Å²) >= 11 is 0. The van der Waals surface area contributed by atoms with E-state index in [2.05, 4.69) is 6.07 Å². The molecule has 1 aliphatic carbocycles. The number of hydrogen-bond donors (Lipinski definition) is 0. The van der Waals surface area contributed by atoms with E-state index < -0.39 is 11.6 Å². The van der Waals surface area contributed by atoms with Crippen molar-refractivity contribution in [2.45, 2.75) is 25.7 Å². The highest BCUT2D eigenvalue weighted by atomic mass is 19.1. The zero-order chi connectivity index (χ0) is 12.5. The van der Waals surface area contributed by atoms with Crippen molar-refractivity contribution in [1.82, 2.24) is 0 Å². The van der Waals surface area contributed by atoms with Crippen LogP contribution in [0.4, 0.5) is 8.78 Å². The second-order valence-corrected chi connectivity index (χ2v) is 4.71. The zero-order valence-corrected chi connectivity index (χ0v) is 9.97. The fraction of sp³-hybridized carbons (Fsp3) is 0.250. The van der Waals surface area contributed by atoms with Gasteiger partial charge in [-0.25, -0.2) is 8.78 Å². The molecular formula is C16H13F2. The fourth-order valence-electron chi connectivity index (χ4n) is 2.60. The average Bonchev–Trinajstić information content (AvgIpc) is 2.38. The molecule has 0 saturated heterocycles. The fourth-order valence-corrected chi connectivity index (χ4v) is 2.60. The summed E-state index contributed by atoms with van der Waals surface area (Å²) in [5.41, 5.74) is 3.18. The first-order valence-corrected chi connectivity index (χ1v) is 6.23. The van der Waals surface area contributed by atoms with Crippen LogP contribution in [-0.2, 0) is 12.8 Å². The minimum absolute atomic E-state index is 0.0332. The summed E-state index contributed by atoms with van der Waals surface area (Å²) in [6, 6.07) is 10.7. The summed E-state index contributed by atoms with van der Waals surface area (Å²) in [4.78, 5) is 0. The molecule has 0 atom stereocenters. The van der Waals surface area contributed by atoms with Crippen LogP contribution in [-0.4, -0.2) is 0 Å². The quantitative estimate of drug-likeness (QED) is 0.700. The number of aryl methyl sites for hydroxylation is 2. The van der Waals surface area contributed by atoms with Gasteiger partial charge in [0.2, 0.25) is 0 Å². The molecule has 0 bridgehead atoms. The van der Waals surface area contributed by atoms with E-state index >= 15 is 0 Å². The van der Waals surface area contributed by atoms with E-state index in [1.807, 2.05) is 12.1 Å². The Bertz CT molecular complexity index is 567. The molecule has 0 heterocycles. The third kappa shape index (κ3) is 1.92. The summed E-state index contributed by atoms with van der Waals surface area (Å²) in [6.07, 6.45) is 4.43. The predicted octanol–water partition coefficient (Wildman–Crippen LogP) is 4.31. The number of benzene rings is 2. The van der Waals surface area contributed by atoms with Crippen molar-refractivity contribution in [2.75, 3.05) is 0 Å². The molecule has 91 valence electrons. The van der Waals surface area contributed by atoms with Gasteiger partial charge in [0, 0.05) is 6.07 Å². The highest BCUT2D eigenvalue weighted by Crippen LogP contribution is 2.30. The second kappa shape index (κ2) is 4.52. The molecule has 2 aromatic rings. The van der Waals surface area contributed by atoms with Gasteiger partial charge in [-0.15, -0.1) is 0 Å². The van der Waals surface area contributed by atoms with Gasteiger partial charge in [0.1, 0.15) is 11.6 Å². The molecule has 0 aliphatic heterocycles. The van der Waals surface area contributed by atoms with Crippen LogP contribution in [0.25, 0.3) is 11.1 Å². The summed E-state index contributed by atoms with van der Waals surface area (Å²) in [6.45, 7) is 0. The van der Waals surface area contributed by atoms with Crippen LogP contribution < -0.4 is 0 Å². The summed E-state index contributed by atoms with van der Waals surface area (Å²) in [5, 5.41) is 0. The Morgan fingerprint density at radius 2 is 1.72 bits per heavy atom. The first-order chi connectivity index (χ1) is 8.75. The zero-order valence-electron chi connectivity index (χ0n) is 9.97. The average molecular weight is 243 g/mol. The molecule has 0 unspecified atom stereocenters. The van der Waals surface area contributed by atoms with Crippen molar-refractivity contribution in [2.24, 2.45) is 0 Å². The Morgan fingerprint density at radius 1 is 0.944 bits per heavy atom. The van der Waals surface area contributed by atoms with Gasteiger partial charge in [0.05, 0.1) is 5.56 Å². The van der Waals surface area contributed by atoms with E-state index in [-0.39, 0.29) is 5.56 Å². The molecule has 0 spiro atoms. The Labute approximate surface area is 105 Å². The number of fused-ring (bicyclic) bond motifs is 1. The largest absolute Gasteiger partial charge is 0.206 e. The Morgan fingerprint density at radius 3 is 2.50 bits per heavy atom. The van der Waals surface area contributed by atoms with Crippen molar-refractivity contribution in [1.29, 1.82) is 0 Å².